The maximum Gasteiger partial charge on any atom is 0.272 e. The number of hydrogen-bond donors (Lipinski definition) is 1. The molecule has 1 amide bonds. The second-order valence-electron chi connectivity index (χ2n) is 11.6. The zero-order valence-electron chi connectivity index (χ0n) is 25.3. The van der Waals surface area contributed by atoms with E-state index in [-0.39, 0.29) is 69.5 Å². The number of nitrogens with zero attached hydrogens (tertiary/aromatic N) is 6. The Morgan fingerprint density at radius 2 is 1.89 bits per heavy atom. The van der Waals surface area contributed by atoms with Crippen LogP contribution >= 0.6 is 46.4 Å². The molecule has 46 heavy (non-hydrogen) atoms. The highest BCUT2D eigenvalue weighted by Gasteiger charge is 2.36. The van der Waals surface area contributed by atoms with Crippen LogP contribution in [0.3, 0.4) is 0 Å². The van der Waals surface area contributed by atoms with Crippen molar-refractivity contribution < 1.29 is 14.3 Å². The standard InChI is InChI=1S/C32H29Cl4FN6O3/c1-6-20(44)42-10-9-41(13-16(42)5)29-17-11-19(33)27(21-25(37)23(35)22(34)24(36)30(21)45)40-31(17)43(32(46)18(29)12-38)28-15(4)7-8-39-26(28)14(2)3/h6-8,11,14-16,28,45H,1,9-10,13H2,2-5H3/t15?,16-,28?/m1/s1. The molecule has 240 valence electrons. The predicted octanol–water partition coefficient (Wildman–Crippen LogP) is 7.42. The van der Waals surface area contributed by atoms with Gasteiger partial charge in [-0.2, -0.15) is 5.26 Å². The first-order valence-electron chi connectivity index (χ1n) is 14.4. The van der Waals surface area contributed by atoms with E-state index in [1.165, 1.54) is 16.7 Å². The van der Waals surface area contributed by atoms with Crippen LogP contribution in [0.1, 0.15) is 39.3 Å². The number of amides is 1. The maximum atomic E-state index is 15.7. The molecule has 0 saturated carbocycles. The summed E-state index contributed by atoms with van der Waals surface area (Å²) < 4.78 is 17.1. The van der Waals surface area contributed by atoms with E-state index < -0.39 is 38.8 Å². The van der Waals surface area contributed by atoms with Crippen molar-refractivity contribution in [2.45, 2.75) is 39.8 Å². The molecular weight excluding hydrogens is 677 g/mol. The van der Waals surface area contributed by atoms with Crippen molar-refractivity contribution in [3.8, 4) is 23.1 Å². The molecular formula is C32H29Cl4FN6O3. The fourth-order valence-electron chi connectivity index (χ4n) is 6.17. The highest BCUT2D eigenvalue weighted by molar-refractivity contribution is 6.49. The van der Waals surface area contributed by atoms with E-state index in [1.54, 1.807) is 11.1 Å². The average Bonchev–Trinajstić information content (AvgIpc) is 3.02. The number of allylic oxidation sites excluding steroid dienone is 1. The summed E-state index contributed by atoms with van der Waals surface area (Å²) in [5, 5.41) is 20.3. The summed E-state index contributed by atoms with van der Waals surface area (Å²) in [4.78, 5) is 39.8. The van der Waals surface area contributed by atoms with Gasteiger partial charge in [-0.1, -0.05) is 79.8 Å². The maximum absolute atomic E-state index is 15.7. The number of halogens is 5. The van der Waals surface area contributed by atoms with E-state index in [9.17, 15) is 20.0 Å². The fourth-order valence-corrected chi connectivity index (χ4v) is 7.01. The number of aromatic hydroxyl groups is 1. The molecule has 3 atom stereocenters. The van der Waals surface area contributed by atoms with Crippen LogP contribution in [0.25, 0.3) is 22.3 Å². The number of phenols is 1. The van der Waals surface area contributed by atoms with E-state index in [2.05, 4.69) is 17.6 Å². The van der Waals surface area contributed by atoms with Crippen LogP contribution in [-0.2, 0) is 4.79 Å². The average molecular weight is 706 g/mol. The van der Waals surface area contributed by atoms with Gasteiger partial charge in [0.05, 0.1) is 38.1 Å². The molecule has 0 radical (unpaired) electrons. The number of piperazine rings is 1. The lowest BCUT2D eigenvalue weighted by Crippen LogP contribution is -2.54. The van der Waals surface area contributed by atoms with Crippen LogP contribution in [0.4, 0.5) is 10.1 Å². The summed E-state index contributed by atoms with van der Waals surface area (Å²) in [6.45, 7) is 12.1. The highest BCUT2D eigenvalue weighted by atomic mass is 35.5. The number of pyridine rings is 2. The second kappa shape index (κ2) is 12.9. The number of aliphatic imine (C=N–C) groups is 1. The molecule has 1 aromatic carbocycles. The van der Waals surface area contributed by atoms with E-state index in [1.807, 2.05) is 38.7 Å². The van der Waals surface area contributed by atoms with Gasteiger partial charge in [0, 0.05) is 48.9 Å². The number of phenolic OH excluding ortho intramolecular Hbond substituents is 1. The topological polar surface area (TPSA) is 115 Å². The van der Waals surface area contributed by atoms with Crippen LogP contribution in [0.15, 0.2) is 40.8 Å². The van der Waals surface area contributed by atoms with Gasteiger partial charge < -0.3 is 14.9 Å². The lowest BCUT2D eigenvalue weighted by Gasteiger charge is -2.41. The summed E-state index contributed by atoms with van der Waals surface area (Å²) in [5.74, 6) is -2.43. The molecule has 2 unspecified atom stereocenters. The first kappa shape index (κ1) is 33.7. The number of carbonyl (C=O) groups excluding carboxylic acids is 1. The number of benzene rings is 1. The van der Waals surface area contributed by atoms with Crippen molar-refractivity contribution in [2.75, 3.05) is 24.5 Å². The Morgan fingerprint density at radius 3 is 2.50 bits per heavy atom. The molecule has 1 fully saturated rings. The van der Waals surface area contributed by atoms with Gasteiger partial charge in [0.1, 0.15) is 28.1 Å². The van der Waals surface area contributed by atoms with Crippen molar-refractivity contribution in [2.24, 2.45) is 16.8 Å². The molecule has 0 bridgehead atoms. The predicted molar refractivity (Wildman–Crippen MR) is 181 cm³/mol. The molecule has 3 aromatic rings. The van der Waals surface area contributed by atoms with Gasteiger partial charge in [-0.25, -0.2) is 9.37 Å². The largest absolute Gasteiger partial charge is 0.506 e. The molecule has 5 rings (SSSR count). The Hall–Kier alpha value is -3.62. The van der Waals surface area contributed by atoms with Crippen molar-refractivity contribution in [1.29, 1.82) is 5.26 Å². The third-order valence-corrected chi connectivity index (χ3v) is 9.97. The minimum atomic E-state index is -1.11. The van der Waals surface area contributed by atoms with E-state index in [4.69, 9.17) is 51.4 Å². The number of anilines is 1. The SMILES string of the molecule is C=CC(=O)N1CCN(c2c(C#N)c(=O)n(C3C(C(C)C)=NC=CC3C)c3nc(-c4c(O)c(Cl)c(Cl)c(Cl)c4F)c(Cl)cc23)C[C@H]1C. The monoisotopic (exact) mass is 704 g/mol. The van der Waals surface area contributed by atoms with Crippen LogP contribution in [-0.4, -0.2) is 56.9 Å². The Kier molecular flexibility index (Phi) is 9.45. The molecule has 0 spiro atoms. The lowest BCUT2D eigenvalue weighted by molar-refractivity contribution is -0.128. The molecule has 1 saturated heterocycles. The summed E-state index contributed by atoms with van der Waals surface area (Å²) in [5.41, 5.74) is -0.523. The van der Waals surface area contributed by atoms with E-state index >= 15 is 4.39 Å². The first-order chi connectivity index (χ1) is 21.7. The zero-order chi connectivity index (χ0) is 33.8. The quantitative estimate of drug-likeness (QED) is 0.168. The molecule has 0 aliphatic carbocycles. The molecule has 2 aliphatic rings. The minimum Gasteiger partial charge on any atom is -0.506 e. The van der Waals surface area contributed by atoms with Gasteiger partial charge in [0.2, 0.25) is 5.91 Å². The molecule has 2 aromatic heterocycles. The van der Waals surface area contributed by atoms with Crippen molar-refractivity contribution >= 4 is 74.7 Å². The van der Waals surface area contributed by atoms with Gasteiger partial charge in [0.15, 0.2) is 5.82 Å². The minimum absolute atomic E-state index is 0.0668. The zero-order valence-corrected chi connectivity index (χ0v) is 28.3. The summed E-state index contributed by atoms with van der Waals surface area (Å²) in [7, 11) is 0. The summed E-state index contributed by atoms with van der Waals surface area (Å²) >= 11 is 25.1. The third kappa shape index (κ3) is 5.43. The molecule has 2 aliphatic heterocycles. The molecule has 4 heterocycles. The molecule has 1 N–H and O–H groups in total. The van der Waals surface area contributed by atoms with Crippen molar-refractivity contribution in [1.82, 2.24) is 14.5 Å². The number of carbonyl (C=O) groups is 1. The van der Waals surface area contributed by atoms with Gasteiger partial charge in [-0.3, -0.25) is 19.1 Å². The summed E-state index contributed by atoms with van der Waals surface area (Å²) in [6.07, 6.45) is 4.76. The Morgan fingerprint density at radius 1 is 1.20 bits per heavy atom. The van der Waals surface area contributed by atoms with Gasteiger partial charge in [-0.15, -0.1) is 0 Å². The van der Waals surface area contributed by atoms with Crippen LogP contribution in [0, 0.1) is 29.0 Å². The second-order valence-corrected chi connectivity index (χ2v) is 13.1. The molecule has 9 nitrogen and oxygen atoms in total. The van der Waals surface area contributed by atoms with Crippen molar-refractivity contribution in [3.05, 3.63) is 72.8 Å². The fraction of sp³-hybridized carbons (Fsp3) is 0.344. The van der Waals surface area contributed by atoms with Crippen LogP contribution in [0.5, 0.6) is 5.75 Å². The number of nitriles is 1. The van der Waals surface area contributed by atoms with Crippen molar-refractivity contribution in [3.63, 3.8) is 0 Å². The Labute approximate surface area is 284 Å². The van der Waals surface area contributed by atoms with E-state index in [0.29, 0.717) is 17.6 Å². The third-order valence-electron chi connectivity index (χ3n) is 8.39. The highest BCUT2D eigenvalue weighted by Crippen LogP contribution is 2.48. The first-order valence-corrected chi connectivity index (χ1v) is 15.9. The Balaban J connectivity index is 1.89. The van der Waals surface area contributed by atoms with Gasteiger partial charge >= 0.3 is 0 Å². The lowest BCUT2D eigenvalue weighted by atomic mass is 9.88. The van der Waals surface area contributed by atoms with Crippen LogP contribution < -0.4 is 10.5 Å². The number of rotatable bonds is 5. The van der Waals surface area contributed by atoms with Crippen LogP contribution in [0.2, 0.25) is 20.1 Å². The number of hydrogen-bond acceptors (Lipinski definition) is 7. The van der Waals surface area contributed by atoms with E-state index in [0.717, 1.165) is 0 Å². The van der Waals surface area contributed by atoms with Gasteiger partial charge in [-0.05, 0) is 25.0 Å². The Bertz CT molecular complexity index is 1940. The smallest absolute Gasteiger partial charge is 0.272 e. The number of fused-ring (bicyclic) bond motifs is 1. The molecule has 14 heteroatoms. The number of aromatic nitrogens is 2. The van der Waals surface area contributed by atoms with Gasteiger partial charge in [0.25, 0.3) is 5.56 Å². The summed E-state index contributed by atoms with van der Waals surface area (Å²) in [6, 6.07) is 2.62. The normalized spacial score (nSPS) is 19.8.